The van der Waals surface area contributed by atoms with Crippen molar-refractivity contribution in [1.29, 1.82) is 0 Å². The van der Waals surface area contributed by atoms with Crippen LogP contribution in [-0.2, 0) is 0 Å². The molecular formula is C14H15F4NO. The van der Waals surface area contributed by atoms with Crippen LogP contribution >= 0.6 is 0 Å². The smallest absolute Gasteiger partial charge is 0.324 e. The number of hydrogen-bond acceptors (Lipinski definition) is 1. The number of likely N-dealkylation sites (tertiary alicyclic amines) is 1. The Morgan fingerprint density at radius 2 is 1.95 bits per heavy atom. The predicted molar refractivity (Wildman–Crippen MR) is 65.7 cm³/mol. The van der Waals surface area contributed by atoms with Crippen molar-refractivity contribution in [3.63, 3.8) is 0 Å². The zero-order chi connectivity index (χ0) is 15.1. The van der Waals surface area contributed by atoms with Crippen LogP contribution in [0.3, 0.4) is 0 Å². The zero-order valence-electron chi connectivity index (χ0n) is 11.2. The van der Waals surface area contributed by atoms with Crippen LogP contribution in [0, 0.1) is 11.7 Å². The van der Waals surface area contributed by atoms with Crippen molar-refractivity contribution in [3.8, 4) is 0 Å². The van der Waals surface area contributed by atoms with Crippen molar-refractivity contribution >= 4 is 5.91 Å². The molecular weight excluding hydrogens is 274 g/mol. The van der Waals surface area contributed by atoms with Crippen LogP contribution in [0.4, 0.5) is 17.6 Å². The van der Waals surface area contributed by atoms with Gasteiger partial charge in [-0.2, -0.15) is 13.2 Å². The lowest BCUT2D eigenvalue weighted by molar-refractivity contribution is -0.219. The van der Waals surface area contributed by atoms with Crippen molar-refractivity contribution in [1.82, 2.24) is 4.90 Å². The van der Waals surface area contributed by atoms with Crippen LogP contribution in [0.25, 0.3) is 0 Å². The Morgan fingerprint density at radius 3 is 2.50 bits per heavy atom. The summed E-state index contributed by atoms with van der Waals surface area (Å²) in [4.78, 5) is 13.0. The van der Waals surface area contributed by atoms with E-state index in [2.05, 4.69) is 0 Å². The van der Waals surface area contributed by atoms with Gasteiger partial charge in [0, 0.05) is 6.54 Å². The summed E-state index contributed by atoms with van der Waals surface area (Å²) in [5.41, 5.74) is -2.58. The first-order valence-corrected chi connectivity index (χ1v) is 6.33. The van der Waals surface area contributed by atoms with Gasteiger partial charge in [-0.3, -0.25) is 4.79 Å². The quantitative estimate of drug-likeness (QED) is 0.723. The zero-order valence-corrected chi connectivity index (χ0v) is 11.2. The third kappa shape index (κ3) is 2.07. The molecule has 0 aliphatic carbocycles. The van der Waals surface area contributed by atoms with E-state index in [4.69, 9.17) is 0 Å². The topological polar surface area (TPSA) is 20.3 Å². The summed E-state index contributed by atoms with van der Waals surface area (Å²) in [6.45, 7) is 2.44. The molecule has 20 heavy (non-hydrogen) atoms. The van der Waals surface area contributed by atoms with E-state index >= 15 is 0 Å². The number of nitrogens with zero attached hydrogens (tertiary/aromatic N) is 1. The minimum absolute atomic E-state index is 0.0235. The highest BCUT2D eigenvalue weighted by atomic mass is 19.4. The summed E-state index contributed by atoms with van der Waals surface area (Å²) in [7, 11) is 0. The Hall–Kier alpha value is -1.59. The largest absolute Gasteiger partial charge is 0.411 e. The highest BCUT2D eigenvalue weighted by Gasteiger charge is 2.62. The van der Waals surface area contributed by atoms with E-state index < -0.39 is 29.4 Å². The van der Waals surface area contributed by atoms with Crippen molar-refractivity contribution in [3.05, 3.63) is 35.6 Å². The van der Waals surface area contributed by atoms with E-state index in [0.717, 1.165) is 17.9 Å². The molecule has 1 aromatic carbocycles. The molecule has 1 saturated heterocycles. The standard InChI is InChI=1S/C14H15F4NO/c1-9-7-8-19(13(9,2)14(16,17)18)12(20)10-5-3-4-6-11(10)15/h3-6,9H,7-8H2,1-2H3. The van der Waals surface area contributed by atoms with E-state index in [-0.39, 0.29) is 18.5 Å². The minimum Gasteiger partial charge on any atom is -0.324 e. The van der Waals surface area contributed by atoms with Crippen LogP contribution in [0.5, 0.6) is 0 Å². The van der Waals surface area contributed by atoms with Gasteiger partial charge in [-0.15, -0.1) is 0 Å². The fourth-order valence-corrected chi connectivity index (χ4v) is 2.63. The molecule has 1 amide bonds. The van der Waals surface area contributed by atoms with Crippen LogP contribution in [0.2, 0.25) is 0 Å². The van der Waals surface area contributed by atoms with Gasteiger partial charge in [0.15, 0.2) is 0 Å². The second kappa shape index (κ2) is 4.75. The number of carbonyl (C=O) groups is 1. The molecule has 1 aliphatic heterocycles. The molecule has 0 spiro atoms. The fraction of sp³-hybridized carbons (Fsp3) is 0.500. The van der Waals surface area contributed by atoms with Crippen LogP contribution in [0.1, 0.15) is 30.6 Å². The Kier molecular flexibility index (Phi) is 3.52. The number of halogens is 4. The van der Waals surface area contributed by atoms with Crippen LogP contribution in [-0.4, -0.2) is 29.1 Å². The van der Waals surface area contributed by atoms with Gasteiger partial charge in [-0.25, -0.2) is 4.39 Å². The lowest BCUT2D eigenvalue weighted by Crippen LogP contribution is -2.58. The summed E-state index contributed by atoms with van der Waals surface area (Å²) in [5.74, 6) is -2.44. The van der Waals surface area contributed by atoms with Crippen LogP contribution in [0.15, 0.2) is 24.3 Å². The summed E-state index contributed by atoms with van der Waals surface area (Å²) < 4.78 is 53.6. The number of amides is 1. The van der Waals surface area contributed by atoms with Gasteiger partial charge < -0.3 is 4.90 Å². The molecule has 2 nitrogen and oxygen atoms in total. The fourth-order valence-electron chi connectivity index (χ4n) is 2.63. The normalized spacial score (nSPS) is 26.9. The second-order valence-corrected chi connectivity index (χ2v) is 5.27. The van der Waals surface area contributed by atoms with Crippen molar-refractivity contribution < 1.29 is 22.4 Å². The lowest BCUT2D eigenvalue weighted by atomic mass is 9.87. The van der Waals surface area contributed by atoms with Gasteiger partial charge >= 0.3 is 6.18 Å². The van der Waals surface area contributed by atoms with Gasteiger partial charge in [0.25, 0.3) is 5.91 Å². The third-order valence-corrected chi connectivity index (χ3v) is 4.23. The summed E-state index contributed by atoms with van der Waals surface area (Å²) >= 11 is 0. The van der Waals surface area contributed by atoms with Crippen molar-refractivity contribution in [2.45, 2.75) is 32.0 Å². The van der Waals surface area contributed by atoms with Gasteiger partial charge in [0.05, 0.1) is 5.56 Å². The van der Waals surface area contributed by atoms with E-state index in [1.54, 1.807) is 0 Å². The average molecular weight is 289 g/mol. The molecule has 0 radical (unpaired) electrons. The minimum atomic E-state index is -4.55. The molecule has 0 aromatic heterocycles. The summed E-state index contributed by atoms with van der Waals surface area (Å²) in [6, 6.07) is 5.09. The maximum atomic E-state index is 13.6. The Morgan fingerprint density at radius 1 is 1.35 bits per heavy atom. The highest BCUT2D eigenvalue weighted by molar-refractivity contribution is 5.95. The molecule has 6 heteroatoms. The first-order chi connectivity index (χ1) is 9.19. The average Bonchev–Trinajstić information content (AvgIpc) is 2.67. The molecule has 2 unspecified atom stereocenters. The molecule has 1 aromatic rings. The van der Waals surface area contributed by atoms with Crippen molar-refractivity contribution in [2.75, 3.05) is 6.54 Å². The molecule has 110 valence electrons. The second-order valence-electron chi connectivity index (χ2n) is 5.27. The predicted octanol–water partition coefficient (Wildman–Crippen LogP) is 3.63. The van der Waals surface area contributed by atoms with Crippen LogP contribution < -0.4 is 0 Å². The Balaban J connectivity index is 2.42. The van der Waals surface area contributed by atoms with E-state index in [9.17, 15) is 22.4 Å². The highest BCUT2D eigenvalue weighted by Crippen LogP contribution is 2.46. The van der Waals surface area contributed by atoms with Crippen molar-refractivity contribution in [2.24, 2.45) is 5.92 Å². The van der Waals surface area contributed by atoms with E-state index in [0.29, 0.717) is 0 Å². The number of alkyl halides is 3. The van der Waals surface area contributed by atoms with E-state index in [1.807, 2.05) is 0 Å². The van der Waals surface area contributed by atoms with Gasteiger partial charge in [0.1, 0.15) is 11.4 Å². The molecule has 2 atom stereocenters. The SMILES string of the molecule is CC1CCN(C(=O)c2ccccc2F)C1(C)C(F)(F)F. The maximum absolute atomic E-state index is 13.6. The first-order valence-electron chi connectivity index (χ1n) is 6.33. The number of benzene rings is 1. The monoisotopic (exact) mass is 289 g/mol. The molecule has 1 fully saturated rings. The van der Waals surface area contributed by atoms with Gasteiger partial charge in [-0.05, 0) is 31.4 Å². The maximum Gasteiger partial charge on any atom is 0.411 e. The summed E-state index contributed by atoms with van der Waals surface area (Å²) in [5, 5.41) is 0. The molecule has 0 bridgehead atoms. The number of hydrogen-bond donors (Lipinski definition) is 0. The first kappa shape index (κ1) is 14.8. The molecule has 2 rings (SSSR count). The Labute approximate surface area is 114 Å². The molecule has 0 N–H and O–H groups in total. The summed E-state index contributed by atoms with van der Waals surface area (Å²) in [6.07, 6.45) is -4.31. The molecule has 1 heterocycles. The number of rotatable bonds is 1. The third-order valence-electron chi connectivity index (χ3n) is 4.23. The lowest BCUT2D eigenvalue weighted by Gasteiger charge is -2.39. The van der Waals surface area contributed by atoms with Gasteiger partial charge in [-0.1, -0.05) is 19.1 Å². The molecule has 0 saturated carbocycles. The Bertz CT molecular complexity index is 528. The number of carbonyl (C=O) groups excluding carboxylic acids is 1. The van der Waals surface area contributed by atoms with Gasteiger partial charge in [0.2, 0.25) is 0 Å². The van der Waals surface area contributed by atoms with E-state index in [1.165, 1.54) is 25.1 Å². The molecule has 1 aliphatic rings.